The lowest BCUT2D eigenvalue weighted by molar-refractivity contribution is -0.122. The van der Waals surface area contributed by atoms with Gasteiger partial charge in [-0.15, -0.1) is 0 Å². The summed E-state index contributed by atoms with van der Waals surface area (Å²) in [6.07, 6.45) is 0.0279. The van der Waals surface area contributed by atoms with Crippen molar-refractivity contribution >= 4 is 17.5 Å². The van der Waals surface area contributed by atoms with Crippen LogP contribution in [0.3, 0.4) is 0 Å². The van der Waals surface area contributed by atoms with E-state index in [1.165, 1.54) is 19.2 Å². The molecule has 0 saturated heterocycles. The third kappa shape index (κ3) is 4.43. The van der Waals surface area contributed by atoms with Gasteiger partial charge in [0.2, 0.25) is 5.91 Å². The lowest BCUT2D eigenvalue weighted by Crippen LogP contribution is -2.48. The number of nitriles is 1. The van der Waals surface area contributed by atoms with Crippen molar-refractivity contribution in [1.29, 1.82) is 5.26 Å². The van der Waals surface area contributed by atoms with E-state index in [1.54, 1.807) is 13.0 Å². The average molecular weight is 283 g/mol. The summed E-state index contributed by atoms with van der Waals surface area (Å²) in [6, 6.07) is 6.37. The van der Waals surface area contributed by atoms with Crippen molar-refractivity contribution in [3.63, 3.8) is 0 Å². The third-order valence-electron chi connectivity index (χ3n) is 2.48. The maximum atomic E-state index is 11.9. The van der Waals surface area contributed by atoms with Gasteiger partial charge in [0.1, 0.15) is 11.3 Å². The van der Waals surface area contributed by atoms with E-state index in [2.05, 4.69) is 5.32 Å². The maximum Gasteiger partial charge on any atom is 0.225 e. The van der Waals surface area contributed by atoms with E-state index in [4.69, 9.17) is 21.6 Å². The molecule has 0 heterocycles. The summed E-state index contributed by atoms with van der Waals surface area (Å²) in [4.78, 5) is 11.9. The predicted octanol–water partition coefficient (Wildman–Crippen LogP) is 1.63. The quantitative estimate of drug-likeness (QED) is 0.860. The van der Waals surface area contributed by atoms with Crippen LogP contribution in [-0.2, 0) is 16.0 Å². The van der Waals surface area contributed by atoms with Crippen molar-refractivity contribution in [1.82, 2.24) is 5.32 Å². The number of aromatic hydroxyl groups is 1. The topological polar surface area (TPSA) is 82.3 Å². The first-order valence-corrected chi connectivity index (χ1v) is 5.96. The van der Waals surface area contributed by atoms with Gasteiger partial charge in [-0.2, -0.15) is 5.26 Å². The highest BCUT2D eigenvalue weighted by Gasteiger charge is 2.26. The molecular weight excluding hydrogens is 268 g/mol. The zero-order chi connectivity index (χ0) is 14.5. The van der Waals surface area contributed by atoms with Crippen molar-refractivity contribution in [3.05, 3.63) is 28.8 Å². The fourth-order valence-corrected chi connectivity index (χ4v) is 1.83. The van der Waals surface area contributed by atoms with Crippen LogP contribution in [0.4, 0.5) is 0 Å². The van der Waals surface area contributed by atoms with Gasteiger partial charge in [0.25, 0.3) is 0 Å². The normalized spacial score (nSPS) is 13.4. The molecule has 0 unspecified atom stereocenters. The van der Waals surface area contributed by atoms with Crippen molar-refractivity contribution in [2.75, 3.05) is 13.7 Å². The second-order valence-electron chi connectivity index (χ2n) is 4.38. The molecule has 5 nitrogen and oxygen atoms in total. The number of hydrogen-bond acceptors (Lipinski definition) is 4. The Hall–Kier alpha value is -1.77. The molecule has 1 atom stereocenters. The fourth-order valence-electron chi connectivity index (χ4n) is 1.59. The molecule has 19 heavy (non-hydrogen) atoms. The summed E-state index contributed by atoms with van der Waals surface area (Å²) in [5, 5.41) is 21.1. The summed E-state index contributed by atoms with van der Waals surface area (Å²) in [5.41, 5.74) is -0.496. The number of carbonyl (C=O) groups is 1. The Morgan fingerprint density at radius 1 is 1.63 bits per heavy atom. The van der Waals surface area contributed by atoms with Gasteiger partial charge in [0.15, 0.2) is 0 Å². The lowest BCUT2D eigenvalue weighted by Gasteiger charge is -2.22. The van der Waals surface area contributed by atoms with Crippen LogP contribution in [0, 0.1) is 11.3 Å². The number of benzene rings is 1. The highest BCUT2D eigenvalue weighted by molar-refractivity contribution is 6.31. The Bertz CT molecular complexity index is 513. The van der Waals surface area contributed by atoms with Crippen LogP contribution < -0.4 is 5.32 Å². The maximum absolute atomic E-state index is 11.9. The number of nitrogens with one attached hydrogen (secondary N) is 1. The first-order valence-electron chi connectivity index (χ1n) is 5.59. The third-order valence-corrected chi connectivity index (χ3v) is 2.83. The van der Waals surface area contributed by atoms with Crippen LogP contribution >= 0.6 is 11.6 Å². The number of carbonyl (C=O) groups excluding carboxylic acids is 1. The van der Waals surface area contributed by atoms with Gasteiger partial charge in [-0.25, -0.2) is 0 Å². The highest BCUT2D eigenvalue weighted by Crippen LogP contribution is 2.22. The molecule has 0 saturated carbocycles. The first kappa shape index (κ1) is 15.3. The standard InChI is InChI=1S/C13H15ClN2O3/c1-13(7-15,8-19-2)16-12(18)5-9-3-4-10(17)6-11(9)14/h3-4,6,17H,5,8H2,1-2H3,(H,16,18)/t13-/m0/s1. The summed E-state index contributed by atoms with van der Waals surface area (Å²) in [6.45, 7) is 1.67. The second-order valence-corrected chi connectivity index (χ2v) is 4.78. The van der Waals surface area contributed by atoms with Crippen molar-refractivity contribution in [2.45, 2.75) is 18.9 Å². The van der Waals surface area contributed by atoms with Crippen LogP contribution in [0.25, 0.3) is 0 Å². The number of phenols is 1. The molecule has 0 fully saturated rings. The number of nitrogens with zero attached hydrogens (tertiary/aromatic N) is 1. The van der Waals surface area contributed by atoms with Crippen molar-refractivity contribution < 1.29 is 14.6 Å². The molecule has 1 aromatic rings. The molecule has 0 spiro atoms. The molecule has 1 aromatic carbocycles. The minimum atomic E-state index is -1.07. The molecular formula is C13H15ClN2O3. The highest BCUT2D eigenvalue weighted by atomic mass is 35.5. The van der Waals surface area contributed by atoms with Crippen LogP contribution in [-0.4, -0.2) is 30.3 Å². The van der Waals surface area contributed by atoms with Crippen LogP contribution in [0.2, 0.25) is 5.02 Å². The lowest BCUT2D eigenvalue weighted by atomic mass is 10.0. The van der Waals surface area contributed by atoms with E-state index >= 15 is 0 Å². The Labute approximate surface area is 116 Å². The van der Waals surface area contributed by atoms with Gasteiger partial charge >= 0.3 is 0 Å². The van der Waals surface area contributed by atoms with E-state index in [0.29, 0.717) is 10.6 Å². The Morgan fingerprint density at radius 2 is 2.32 bits per heavy atom. The number of phenolic OH excluding ortho intramolecular Hbond substituents is 1. The number of ether oxygens (including phenoxy) is 1. The zero-order valence-corrected chi connectivity index (χ0v) is 11.5. The number of rotatable bonds is 5. The molecule has 0 aliphatic heterocycles. The number of amides is 1. The van der Waals surface area contributed by atoms with Crippen LogP contribution in [0.1, 0.15) is 12.5 Å². The number of halogens is 1. The number of methoxy groups -OCH3 is 1. The summed E-state index contributed by atoms with van der Waals surface area (Å²) in [5.74, 6) is -0.302. The van der Waals surface area contributed by atoms with E-state index in [9.17, 15) is 9.90 Å². The van der Waals surface area contributed by atoms with Gasteiger partial charge in [0.05, 0.1) is 19.1 Å². The predicted molar refractivity (Wildman–Crippen MR) is 70.9 cm³/mol. The summed E-state index contributed by atoms with van der Waals surface area (Å²) >= 11 is 5.91. The second kappa shape index (κ2) is 6.41. The molecule has 2 N–H and O–H groups in total. The smallest absolute Gasteiger partial charge is 0.225 e. The van der Waals surface area contributed by atoms with Gasteiger partial charge in [-0.3, -0.25) is 4.79 Å². The zero-order valence-electron chi connectivity index (χ0n) is 10.7. The van der Waals surface area contributed by atoms with Crippen LogP contribution in [0.5, 0.6) is 5.75 Å². The fraction of sp³-hybridized carbons (Fsp3) is 0.385. The Kier molecular flexibility index (Phi) is 5.16. The van der Waals surface area contributed by atoms with E-state index in [0.717, 1.165) is 0 Å². The molecule has 1 amide bonds. The monoisotopic (exact) mass is 282 g/mol. The van der Waals surface area contributed by atoms with Gasteiger partial charge in [0, 0.05) is 12.1 Å². The molecule has 1 rings (SSSR count). The van der Waals surface area contributed by atoms with Gasteiger partial charge < -0.3 is 15.2 Å². The van der Waals surface area contributed by atoms with Crippen LogP contribution in [0.15, 0.2) is 18.2 Å². The molecule has 6 heteroatoms. The largest absolute Gasteiger partial charge is 0.508 e. The average Bonchev–Trinajstić information content (AvgIpc) is 2.33. The van der Waals surface area contributed by atoms with E-state index in [1.807, 2.05) is 6.07 Å². The van der Waals surface area contributed by atoms with E-state index in [-0.39, 0.29) is 24.7 Å². The Morgan fingerprint density at radius 3 is 2.84 bits per heavy atom. The minimum absolute atomic E-state index is 0.0279. The molecule has 0 aliphatic carbocycles. The number of hydrogen-bond donors (Lipinski definition) is 2. The van der Waals surface area contributed by atoms with Gasteiger partial charge in [-0.1, -0.05) is 17.7 Å². The summed E-state index contributed by atoms with van der Waals surface area (Å²) < 4.78 is 4.89. The minimum Gasteiger partial charge on any atom is -0.508 e. The van der Waals surface area contributed by atoms with E-state index < -0.39 is 5.54 Å². The SMILES string of the molecule is COC[C@](C)(C#N)NC(=O)Cc1ccc(O)cc1Cl. The summed E-state index contributed by atoms with van der Waals surface area (Å²) in [7, 11) is 1.46. The first-order chi connectivity index (χ1) is 8.90. The van der Waals surface area contributed by atoms with Gasteiger partial charge in [-0.05, 0) is 24.6 Å². The van der Waals surface area contributed by atoms with Crippen molar-refractivity contribution in [2.24, 2.45) is 0 Å². The molecule has 102 valence electrons. The molecule has 0 bridgehead atoms. The van der Waals surface area contributed by atoms with Crippen molar-refractivity contribution in [3.8, 4) is 11.8 Å². The molecule has 0 radical (unpaired) electrons. The molecule has 0 aliphatic rings. The molecule has 0 aromatic heterocycles. The Balaban J connectivity index is 2.73.